The molecule has 0 radical (unpaired) electrons. The highest BCUT2D eigenvalue weighted by Gasteiger charge is 2.38. The Morgan fingerprint density at radius 3 is 2.42 bits per heavy atom. The maximum absolute atomic E-state index is 12.6. The van der Waals surface area contributed by atoms with Gasteiger partial charge in [-0.3, -0.25) is 4.79 Å². The number of ether oxygens (including phenoxy) is 1. The van der Waals surface area contributed by atoms with E-state index in [-0.39, 0.29) is 0 Å². The molecule has 0 fully saturated rings. The van der Waals surface area contributed by atoms with Crippen LogP contribution in [0.1, 0.15) is 23.4 Å². The number of hydrogen-bond donors (Lipinski definition) is 1. The molecule has 0 aliphatic rings. The average molecular weight is 285 g/mol. The zero-order chi connectivity index (χ0) is 14.8. The highest BCUT2D eigenvalue weighted by molar-refractivity contribution is 5.70. The van der Waals surface area contributed by atoms with E-state index in [2.05, 4.69) is 9.72 Å². The summed E-state index contributed by atoms with van der Waals surface area (Å²) in [4.78, 5) is 13.6. The zero-order valence-corrected chi connectivity index (χ0v) is 9.46. The number of pyridine rings is 1. The summed E-state index contributed by atoms with van der Waals surface area (Å²) in [7, 11) is 0.991. The van der Waals surface area contributed by atoms with Crippen LogP contribution in [0.25, 0.3) is 0 Å². The number of rotatable bonds is 4. The minimum Gasteiger partial charge on any atom is -0.495 e. The second kappa shape index (κ2) is 5.37. The normalized spacial score (nSPS) is 11.7. The van der Waals surface area contributed by atoms with E-state index < -0.39 is 47.7 Å². The van der Waals surface area contributed by atoms with Crippen molar-refractivity contribution in [3.8, 4) is 5.75 Å². The van der Waals surface area contributed by atoms with Crippen LogP contribution in [0.3, 0.4) is 0 Å². The third kappa shape index (κ3) is 3.52. The molecule has 1 N–H and O–H groups in total. The number of carbonyl (C=O) groups is 1. The van der Waals surface area contributed by atoms with Gasteiger partial charge in [0.05, 0.1) is 24.8 Å². The summed E-state index contributed by atoms with van der Waals surface area (Å²) in [6.07, 6.45) is -9.33. The molecule has 0 aliphatic carbocycles. The van der Waals surface area contributed by atoms with Crippen molar-refractivity contribution in [2.45, 2.75) is 19.0 Å². The van der Waals surface area contributed by atoms with Crippen LogP contribution < -0.4 is 4.74 Å². The molecule has 1 aromatic heterocycles. The van der Waals surface area contributed by atoms with Crippen LogP contribution in [0.15, 0.2) is 6.07 Å². The Labute approximate surface area is 103 Å². The first-order valence-electron chi connectivity index (χ1n) is 4.81. The van der Waals surface area contributed by atoms with E-state index in [0.717, 1.165) is 7.11 Å². The minimum atomic E-state index is -5.03. The van der Waals surface area contributed by atoms with Crippen molar-refractivity contribution in [1.29, 1.82) is 0 Å². The number of carboxylic acid groups (broad SMARTS) is 1. The lowest BCUT2D eigenvalue weighted by Gasteiger charge is -2.15. The SMILES string of the molecule is COc1cc(C(F)(F)F)c(C(F)F)nc1CC(=O)O. The molecule has 9 heteroatoms. The molecule has 0 atom stereocenters. The number of nitrogens with zero attached hydrogens (tertiary/aromatic N) is 1. The van der Waals surface area contributed by atoms with Gasteiger partial charge in [-0.05, 0) is 6.07 Å². The third-order valence-electron chi connectivity index (χ3n) is 2.14. The van der Waals surface area contributed by atoms with Gasteiger partial charge in [0, 0.05) is 0 Å². The van der Waals surface area contributed by atoms with Crippen molar-refractivity contribution in [1.82, 2.24) is 4.98 Å². The van der Waals surface area contributed by atoms with Gasteiger partial charge in [0.15, 0.2) is 0 Å². The summed E-state index contributed by atoms with van der Waals surface area (Å²) in [5.41, 5.74) is -3.64. The van der Waals surface area contributed by atoms with Gasteiger partial charge in [-0.2, -0.15) is 13.2 Å². The third-order valence-corrected chi connectivity index (χ3v) is 2.14. The second-order valence-electron chi connectivity index (χ2n) is 3.44. The van der Waals surface area contributed by atoms with E-state index in [9.17, 15) is 26.7 Å². The van der Waals surface area contributed by atoms with Crippen molar-refractivity contribution in [2.75, 3.05) is 7.11 Å². The summed E-state index contributed by atoms with van der Waals surface area (Å²) in [6, 6.07) is 0.326. The average Bonchev–Trinajstić information content (AvgIpc) is 2.26. The predicted octanol–water partition coefficient (Wildman–Crippen LogP) is 2.67. The molecule has 0 aliphatic heterocycles. The van der Waals surface area contributed by atoms with Crippen LogP contribution in [0.5, 0.6) is 5.75 Å². The largest absolute Gasteiger partial charge is 0.495 e. The van der Waals surface area contributed by atoms with E-state index in [1.807, 2.05) is 0 Å². The van der Waals surface area contributed by atoms with Gasteiger partial charge in [-0.25, -0.2) is 13.8 Å². The van der Waals surface area contributed by atoms with Crippen LogP contribution in [0, 0.1) is 0 Å². The molecule has 0 amide bonds. The first-order valence-corrected chi connectivity index (χ1v) is 4.81. The van der Waals surface area contributed by atoms with Crippen LogP contribution in [0.2, 0.25) is 0 Å². The van der Waals surface area contributed by atoms with E-state index in [1.54, 1.807) is 0 Å². The molecule has 0 bridgehead atoms. The maximum Gasteiger partial charge on any atom is 0.418 e. The molecule has 0 spiro atoms. The Bertz CT molecular complexity index is 487. The summed E-state index contributed by atoms with van der Waals surface area (Å²) in [5.74, 6) is -1.93. The Morgan fingerprint density at radius 1 is 1.47 bits per heavy atom. The van der Waals surface area contributed by atoms with Crippen LogP contribution in [-0.4, -0.2) is 23.2 Å². The summed E-state index contributed by atoms with van der Waals surface area (Å²) >= 11 is 0. The van der Waals surface area contributed by atoms with E-state index in [0.29, 0.717) is 6.07 Å². The molecular formula is C10H8F5NO3. The predicted molar refractivity (Wildman–Crippen MR) is 52.1 cm³/mol. The number of halogens is 5. The Balaban J connectivity index is 3.46. The van der Waals surface area contributed by atoms with Crippen LogP contribution in [-0.2, 0) is 17.4 Å². The first kappa shape index (κ1) is 15.1. The lowest BCUT2D eigenvalue weighted by molar-refractivity contribution is -0.140. The standard InChI is InChI=1S/C10H8F5NO3/c1-19-6-2-4(10(13,14)15)8(9(11)12)16-5(6)3-7(17)18/h2,9H,3H2,1H3,(H,17,18). The highest BCUT2D eigenvalue weighted by Crippen LogP contribution is 2.38. The van der Waals surface area contributed by atoms with Crippen molar-refractivity contribution in [3.63, 3.8) is 0 Å². The first-order chi connectivity index (χ1) is 8.66. The number of aromatic nitrogens is 1. The van der Waals surface area contributed by atoms with Crippen LogP contribution >= 0.6 is 0 Å². The number of alkyl halides is 5. The molecule has 19 heavy (non-hydrogen) atoms. The van der Waals surface area contributed by atoms with E-state index in [1.165, 1.54) is 0 Å². The van der Waals surface area contributed by atoms with E-state index >= 15 is 0 Å². The molecule has 0 saturated heterocycles. The van der Waals surface area contributed by atoms with Gasteiger partial charge in [0.25, 0.3) is 6.43 Å². The lowest BCUT2D eigenvalue weighted by Crippen LogP contribution is -2.15. The quantitative estimate of drug-likeness (QED) is 0.864. The summed E-state index contributed by atoms with van der Waals surface area (Å²) in [5, 5.41) is 8.54. The van der Waals surface area contributed by atoms with Gasteiger partial charge >= 0.3 is 12.1 Å². The van der Waals surface area contributed by atoms with Gasteiger partial charge in [-0.15, -0.1) is 0 Å². The lowest BCUT2D eigenvalue weighted by atomic mass is 10.1. The summed E-state index contributed by atoms with van der Waals surface area (Å²) in [6.45, 7) is 0. The molecule has 0 unspecified atom stereocenters. The Hall–Kier alpha value is -1.93. The minimum absolute atomic E-state index is 0.326. The Kier molecular flexibility index (Phi) is 4.28. The van der Waals surface area contributed by atoms with Crippen molar-refractivity contribution in [2.24, 2.45) is 0 Å². The van der Waals surface area contributed by atoms with E-state index in [4.69, 9.17) is 5.11 Å². The van der Waals surface area contributed by atoms with Gasteiger partial charge in [0.2, 0.25) is 0 Å². The monoisotopic (exact) mass is 285 g/mol. The number of carboxylic acids is 1. The molecule has 1 heterocycles. The molecule has 1 aromatic rings. The fraction of sp³-hybridized carbons (Fsp3) is 0.400. The van der Waals surface area contributed by atoms with Crippen LogP contribution in [0.4, 0.5) is 22.0 Å². The van der Waals surface area contributed by atoms with Crippen molar-refractivity contribution >= 4 is 5.97 Å². The molecule has 0 saturated carbocycles. The van der Waals surface area contributed by atoms with Crippen molar-refractivity contribution < 1.29 is 36.6 Å². The highest BCUT2D eigenvalue weighted by atomic mass is 19.4. The van der Waals surface area contributed by atoms with Gasteiger partial charge in [-0.1, -0.05) is 0 Å². The second-order valence-corrected chi connectivity index (χ2v) is 3.44. The number of hydrogen-bond acceptors (Lipinski definition) is 3. The zero-order valence-electron chi connectivity index (χ0n) is 9.46. The maximum atomic E-state index is 12.6. The topological polar surface area (TPSA) is 59.4 Å². The smallest absolute Gasteiger partial charge is 0.418 e. The van der Waals surface area contributed by atoms with Gasteiger partial charge < -0.3 is 9.84 Å². The molecule has 106 valence electrons. The molecular weight excluding hydrogens is 277 g/mol. The van der Waals surface area contributed by atoms with Crippen molar-refractivity contribution in [3.05, 3.63) is 23.0 Å². The number of aliphatic carboxylic acids is 1. The molecule has 0 aromatic carbocycles. The molecule has 1 rings (SSSR count). The number of methoxy groups -OCH3 is 1. The fourth-order valence-electron chi connectivity index (χ4n) is 1.39. The molecule has 4 nitrogen and oxygen atoms in total. The van der Waals surface area contributed by atoms with Gasteiger partial charge in [0.1, 0.15) is 11.4 Å². The fourth-order valence-corrected chi connectivity index (χ4v) is 1.39. The Morgan fingerprint density at radius 2 is 2.05 bits per heavy atom. The summed E-state index contributed by atoms with van der Waals surface area (Å²) < 4.78 is 67.4.